The molecule has 3 atom stereocenters. The number of halogens is 2. The molecule has 0 spiro atoms. The number of aromatic nitrogens is 7. The Kier molecular flexibility index (Phi) is 18.8. The number of amides is 4. The molecule has 3 aromatic heterocycles. The summed E-state index contributed by atoms with van der Waals surface area (Å²) in [7, 11) is 1.32. The second-order valence-electron chi connectivity index (χ2n) is 19.4. The molecule has 0 saturated heterocycles. The number of para-hydroxylation sites is 1. The molecule has 2 aliphatic rings. The van der Waals surface area contributed by atoms with Gasteiger partial charge in [0.05, 0.1) is 36.9 Å². The number of carboxylic acids is 1. The van der Waals surface area contributed by atoms with E-state index in [1.165, 1.54) is 37.4 Å². The zero-order valence-electron chi connectivity index (χ0n) is 45.1. The van der Waals surface area contributed by atoms with Gasteiger partial charge < -0.3 is 46.4 Å². The van der Waals surface area contributed by atoms with Crippen LogP contribution < -0.4 is 31.4 Å². The van der Waals surface area contributed by atoms with Gasteiger partial charge in [0.25, 0.3) is 23.6 Å². The van der Waals surface area contributed by atoms with Gasteiger partial charge in [-0.2, -0.15) is 23.5 Å². The van der Waals surface area contributed by atoms with E-state index >= 15 is 0 Å². The van der Waals surface area contributed by atoms with Gasteiger partial charge in [-0.3, -0.25) is 19.2 Å². The number of aliphatic hydroxyl groups excluding tert-OH is 1. The monoisotopic (exact) mass is 1150 g/mol. The number of hydrogen-bond acceptors (Lipinski definition) is 16. The summed E-state index contributed by atoms with van der Waals surface area (Å²) in [6.45, 7) is 4.95. The average molecular weight is 1150 g/mol. The number of carbonyl (C=O) groups excluding carboxylic acids is 5. The van der Waals surface area contributed by atoms with Gasteiger partial charge in [0.15, 0.2) is 0 Å². The predicted octanol–water partition coefficient (Wildman–Crippen LogP) is 6.52. The average Bonchev–Trinajstić information content (AvgIpc) is 4.35. The molecular weight excluding hydrogens is 1090 g/mol. The highest BCUT2D eigenvalue weighted by Crippen LogP contribution is 2.34. The van der Waals surface area contributed by atoms with E-state index in [-0.39, 0.29) is 97.2 Å². The Morgan fingerprint density at radius 3 is 1.70 bits per heavy atom. The standard InChI is InChI=1S/C31H26FN7O5.C27H28FN5O5.H2S/c1-17-13-18(7-11-22(17)32)16-33-28(40)25-15-26(36-31(35-25)44-39-27-6-4-3-5-24(27)37-38-39)29(41)34-23-12-9-19-14-20(30(42)43-2)8-10-21(19)23;1-14-9-16(3-7-20(14)28)12-29-24(35)22-11-23(33-27(32-22)30-15(2)13-34)25(36)31-21-8-5-17-10-18(26(37)38)4-6-19(17)21;/h3-8,10-11,13-15,23H,9,12,16H2,1-2H3,(H,33,40)(H,34,41);3-4,6-7,9-11,15,21,34H,5,8,12-13H2,1-2H3,(H,29,35)(H,31,36)(H,37,38)(H,30,32,33);1H2/t23-;15-,21-;/m00./s1. The number of ether oxygens (including phenoxy) is 1. The lowest BCUT2D eigenvalue weighted by molar-refractivity contribution is 0.0599. The maximum absolute atomic E-state index is 13.7. The Labute approximate surface area is 479 Å². The first-order chi connectivity index (χ1) is 39.4. The third kappa shape index (κ3) is 14.2. The lowest BCUT2D eigenvalue weighted by atomic mass is 10.0. The van der Waals surface area contributed by atoms with Gasteiger partial charge in [-0.15, -0.1) is 5.10 Å². The van der Waals surface area contributed by atoms with Crippen molar-refractivity contribution in [3.63, 3.8) is 0 Å². The Morgan fingerprint density at radius 1 is 0.663 bits per heavy atom. The summed E-state index contributed by atoms with van der Waals surface area (Å²) in [5, 5.41) is 40.8. The summed E-state index contributed by atoms with van der Waals surface area (Å²) in [6, 6.07) is 27.2. The van der Waals surface area contributed by atoms with Gasteiger partial charge >= 0.3 is 17.9 Å². The van der Waals surface area contributed by atoms with Crippen LogP contribution in [0.25, 0.3) is 11.0 Å². The number of fused-ring (bicyclic) bond motifs is 3. The number of aryl methyl sites for hydroxylation is 4. The van der Waals surface area contributed by atoms with E-state index in [2.05, 4.69) is 56.8 Å². The number of nitrogens with zero attached hydrogens (tertiary/aromatic N) is 7. The summed E-state index contributed by atoms with van der Waals surface area (Å²) >= 11 is 0. The second-order valence-corrected chi connectivity index (χ2v) is 19.4. The number of methoxy groups -OCH3 is 1. The molecule has 428 valence electrons. The summed E-state index contributed by atoms with van der Waals surface area (Å²) < 4.78 is 32.0. The van der Waals surface area contributed by atoms with E-state index in [4.69, 9.17) is 9.57 Å². The number of nitrogens with one attached hydrogen (secondary N) is 5. The number of esters is 1. The van der Waals surface area contributed by atoms with E-state index in [1.807, 2.05) is 0 Å². The summed E-state index contributed by atoms with van der Waals surface area (Å²) in [5.41, 5.74) is 7.13. The van der Waals surface area contributed by atoms with E-state index in [0.717, 1.165) is 27.1 Å². The molecule has 7 N–H and O–H groups in total. The van der Waals surface area contributed by atoms with Crippen molar-refractivity contribution in [3.05, 3.63) is 199 Å². The van der Waals surface area contributed by atoms with Gasteiger partial charge in [-0.25, -0.2) is 28.3 Å². The fourth-order valence-electron chi connectivity index (χ4n) is 9.26. The van der Waals surface area contributed by atoms with Crippen molar-refractivity contribution >= 4 is 66.0 Å². The molecule has 22 nitrogen and oxygen atoms in total. The van der Waals surface area contributed by atoms with E-state index in [0.29, 0.717) is 64.5 Å². The lowest BCUT2D eigenvalue weighted by Crippen LogP contribution is -2.31. The van der Waals surface area contributed by atoms with Crippen LogP contribution in [-0.4, -0.2) is 101 Å². The van der Waals surface area contributed by atoms with Crippen molar-refractivity contribution in [1.29, 1.82) is 0 Å². The fourth-order valence-corrected chi connectivity index (χ4v) is 9.26. The number of aliphatic hydroxyl groups is 1. The largest absolute Gasteiger partial charge is 0.478 e. The van der Waals surface area contributed by atoms with Crippen LogP contribution in [0.1, 0.15) is 139 Å². The molecule has 83 heavy (non-hydrogen) atoms. The quantitative estimate of drug-likeness (QED) is 0.0477. The second kappa shape index (κ2) is 26.2. The number of rotatable bonds is 17. The summed E-state index contributed by atoms with van der Waals surface area (Å²) in [6.07, 6.45) is 2.46. The third-order valence-corrected chi connectivity index (χ3v) is 13.6. The number of benzene rings is 5. The third-order valence-electron chi connectivity index (χ3n) is 13.6. The van der Waals surface area contributed by atoms with Crippen LogP contribution in [0.3, 0.4) is 0 Å². The van der Waals surface area contributed by atoms with Crippen molar-refractivity contribution < 1.29 is 57.3 Å². The molecule has 0 unspecified atom stereocenters. The van der Waals surface area contributed by atoms with Crippen molar-refractivity contribution in [3.8, 4) is 6.01 Å². The summed E-state index contributed by atoms with van der Waals surface area (Å²) in [5.74, 6) is -4.38. The first-order valence-electron chi connectivity index (χ1n) is 25.8. The molecule has 5 aromatic carbocycles. The first-order valence-corrected chi connectivity index (χ1v) is 25.8. The number of carbonyl (C=O) groups is 6. The Bertz CT molecular complexity index is 3810. The predicted molar refractivity (Wildman–Crippen MR) is 301 cm³/mol. The number of carboxylic acid groups (broad SMARTS) is 1. The molecule has 0 saturated carbocycles. The van der Waals surface area contributed by atoms with Gasteiger partial charge in [0.2, 0.25) is 5.95 Å². The molecule has 2 aliphatic carbocycles. The highest BCUT2D eigenvalue weighted by Gasteiger charge is 2.29. The SMILES string of the molecule is COC(=O)c1ccc2c(c1)CC[C@@H]2NC(=O)c1cc(C(=O)NCc2ccc(F)c(C)c2)nc(On2nnc3ccccc32)n1.Cc1cc(CNC(=O)c2cc(C(=O)N[C@H]3CCc4cc(C(=O)O)ccc43)nc(N[C@@H](C)CO)n2)ccc1F.S. The minimum atomic E-state index is -1.02. The highest BCUT2D eigenvalue weighted by molar-refractivity contribution is 7.59. The van der Waals surface area contributed by atoms with E-state index < -0.39 is 41.6 Å². The Hall–Kier alpha value is -9.75. The van der Waals surface area contributed by atoms with Crippen molar-refractivity contribution in [2.45, 2.75) is 77.7 Å². The summed E-state index contributed by atoms with van der Waals surface area (Å²) in [4.78, 5) is 99.8. The van der Waals surface area contributed by atoms with Crippen molar-refractivity contribution in [2.75, 3.05) is 19.0 Å². The molecule has 0 fully saturated rings. The van der Waals surface area contributed by atoms with Gasteiger partial charge in [0.1, 0.15) is 45.4 Å². The molecule has 0 radical (unpaired) electrons. The normalized spacial score (nSPS) is 14.1. The number of aromatic carboxylic acids is 1. The number of hydrogen-bond donors (Lipinski definition) is 7. The van der Waals surface area contributed by atoms with Crippen molar-refractivity contribution in [2.24, 2.45) is 0 Å². The zero-order chi connectivity index (χ0) is 58.2. The van der Waals surface area contributed by atoms with Crippen LogP contribution in [0.2, 0.25) is 0 Å². The Balaban J connectivity index is 0.000000217. The van der Waals surface area contributed by atoms with Gasteiger partial charge in [-0.1, -0.05) is 53.4 Å². The molecule has 0 aliphatic heterocycles. The van der Waals surface area contributed by atoms with Crippen LogP contribution >= 0.6 is 13.5 Å². The molecule has 25 heteroatoms. The first kappa shape index (κ1) is 59.4. The molecule has 8 aromatic rings. The molecule has 4 amide bonds. The molecule has 0 bridgehead atoms. The fraction of sp³-hybridized carbons (Fsp3) is 0.241. The minimum Gasteiger partial charge on any atom is -0.478 e. The van der Waals surface area contributed by atoms with Crippen LogP contribution in [0.4, 0.5) is 14.7 Å². The van der Waals surface area contributed by atoms with E-state index in [1.54, 1.807) is 99.6 Å². The zero-order valence-corrected chi connectivity index (χ0v) is 46.1. The maximum Gasteiger partial charge on any atom is 0.347 e. The van der Waals surface area contributed by atoms with Crippen LogP contribution in [0.15, 0.2) is 109 Å². The smallest absolute Gasteiger partial charge is 0.347 e. The maximum atomic E-state index is 13.7. The Morgan fingerprint density at radius 2 is 1.17 bits per heavy atom. The van der Waals surface area contributed by atoms with Crippen molar-refractivity contribution in [1.82, 2.24) is 56.4 Å². The topological polar surface area (TPSA) is 304 Å². The molecule has 3 heterocycles. The molecular formula is C58H56F2N12O10S. The van der Waals surface area contributed by atoms with Crippen LogP contribution in [-0.2, 0) is 30.7 Å². The van der Waals surface area contributed by atoms with Gasteiger partial charge in [-0.05, 0) is 145 Å². The molecule has 10 rings (SSSR count). The minimum absolute atomic E-state index is 0. The van der Waals surface area contributed by atoms with E-state index in [9.17, 15) is 47.8 Å². The van der Waals surface area contributed by atoms with Crippen LogP contribution in [0.5, 0.6) is 6.01 Å². The van der Waals surface area contributed by atoms with Crippen LogP contribution in [0, 0.1) is 25.5 Å². The number of anilines is 1. The van der Waals surface area contributed by atoms with Gasteiger partial charge in [0, 0.05) is 31.3 Å². The highest BCUT2D eigenvalue weighted by atomic mass is 32.1. The lowest BCUT2D eigenvalue weighted by Gasteiger charge is -2.16.